The number of thiazole rings is 1. The average molecular weight is 402 g/mol. The summed E-state index contributed by atoms with van der Waals surface area (Å²) in [5, 5.41) is 5.38. The van der Waals surface area contributed by atoms with Crippen LogP contribution in [0, 0.1) is 6.92 Å². The quantitative estimate of drug-likeness (QED) is 0.674. The molecular formula is C18H14N2O5S2. The second-order valence-electron chi connectivity index (χ2n) is 5.85. The smallest absolute Gasteiger partial charge is 0.339 e. The maximum Gasteiger partial charge on any atom is 0.339 e. The van der Waals surface area contributed by atoms with Gasteiger partial charge in [0.05, 0.1) is 5.69 Å². The average Bonchev–Trinajstić information content (AvgIpc) is 3.08. The Balaban J connectivity index is 1.56. The molecule has 9 heteroatoms. The van der Waals surface area contributed by atoms with Crippen molar-refractivity contribution in [3.05, 3.63) is 53.5 Å². The zero-order chi connectivity index (χ0) is 19.0. The van der Waals surface area contributed by atoms with Crippen LogP contribution in [0.5, 0.6) is 11.5 Å². The van der Waals surface area contributed by atoms with Gasteiger partial charge in [0.15, 0.2) is 6.61 Å². The lowest BCUT2D eigenvalue weighted by Crippen LogP contribution is -2.25. The van der Waals surface area contributed by atoms with Crippen LogP contribution in [-0.2, 0) is 14.9 Å². The van der Waals surface area contributed by atoms with Crippen LogP contribution in [0.2, 0.25) is 0 Å². The molecule has 138 valence electrons. The number of hydrogen-bond donors (Lipinski definition) is 1. The fourth-order valence-corrected chi connectivity index (χ4v) is 4.29. The van der Waals surface area contributed by atoms with Gasteiger partial charge in [0, 0.05) is 16.6 Å². The molecule has 1 aliphatic rings. The van der Waals surface area contributed by atoms with E-state index in [1.807, 2.05) is 12.3 Å². The molecule has 3 aromatic rings. The first-order chi connectivity index (χ1) is 12.9. The van der Waals surface area contributed by atoms with Crippen molar-refractivity contribution in [1.29, 1.82) is 0 Å². The minimum absolute atomic E-state index is 0.0772. The molecule has 0 bridgehead atoms. The largest absolute Gasteiger partial charge is 0.482 e. The molecule has 1 N–H and O–H groups in total. The van der Waals surface area contributed by atoms with Crippen LogP contribution >= 0.6 is 11.3 Å². The van der Waals surface area contributed by atoms with Crippen molar-refractivity contribution in [2.45, 2.75) is 11.8 Å². The summed E-state index contributed by atoms with van der Waals surface area (Å²) in [7, 11) is -4.06. The summed E-state index contributed by atoms with van der Waals surface area (Å²) in [5.74, 6) is 0.257. The number of nitrogens with one attached hydrogen (secondary N) is 1. The third-order valence-corrected chi connectivity index (χ3v) is 6.05. The maximum absolute atomic E-state index is 12.5. The minimum atomic E-state index is -4.06. The van der Waals surface area contributed by atoms with Gasteiger partial charge in [-0.15, -0.1) is 11.3 Å². The molecule has 0 fully saturated rings. The monoisotopic (exact) mass is 402 g/mol. The summed E-state index contributed by atoms with van der Waals surface area (Å²) in [5.41, 5.74) is 2.11. The molecule has 2 heterocycles. The van der Waals surface area contributed by atoms with Crippen LogP contribution in [-0.4, -0.2) is 25.9 Å². The molecule has 0 unspecified atom stereocenters. The molecule has 0 radical (unpaired) electrons. The third kappa shape index (κ3) is 3.64. The summed E-state index contributed by atoms with van der Waals surface area (Å²) < 4.78 is 35.5. The van der Waals surface area contributed by atoms with Gasteiger partial charge in [-0.25, -0.2) is 4.98 Å². The van der Waals surface area contributed by atoms with Gasteiger partial charge in [-0.05, 0) is 49.4 Å². The van der Waals surface area contributed by atoms with E-state index in [2.05, 4.69) is 10.3 Å². The number of carbonyl (C=O) groups is 1. The molecule has 0 aliphatic carbocycles. The van der Waals surface area contributed by atoms with E-state index in [0.717, 1.165) is 16.3 Å². The van der Waals surface area contributed by atoms with Crippen molar-refractivity contribution in [3.63, 3.8) is 0 Å². The van der Waals surface area contributed by atoms with E-state index in [4.69, 9.17) is 8.92 Å². The molecule has 1 aliphatic heterocycles. The van der Waals surface area contributed by atoms with Crippen LogP contribution in [0.25, 0.3) is 10.6 Å². The zero-order valence-electron chi connectivity index (χ0n) is 14.1. The van der Waals surface area contributed by atoms with Gasteiger partial charge in [0.2, 0.25) is 0 Å². The number of aryl methyl sites for hydroxylation is 1. The first kappa shape index (κ1) is 17.5. The lowest BCUT2D eigenvalue weighted by Gasteiger charge is -2.18. The lowest BCUT2D eigenvalue weighted by atomic mass is 10.2. The summed E-state index contributed by atoms with van der Waals surface area (Å²) in [6.45, 7) is 1.82. The normalized spacial score (nSPS) is 13.4. The number of carbonyl (C=O) groups excluding carboxylic acids is 1. The Bertz CT molecular complexity index is 1120. The summed E-state index contributed by atoms with van der Waals surface area (Å²) >= 11 is 1.52. The highest BCUT2D eigenvalue weighted by Gasteiger charge is 2.22. The number of ether oxygens (including phenoxy) is 1. The summed E-state index contributed by atoms with van der Waals surface area (Å²) in [4.78, 5) is 15.7. The SMILES string of the molecule is Cc1csc(-c2ccc(OS(=O)(=O)c3ccc4c(c3)NC(=O)CO4)cc2)n1. The maximum atomic E-state index is 12.5. The van der Waals surface area contributed by atoms with Gasteiger partial charge >= 0.3 is 10.1 Å². The van der Waals surface area contributed by atoms with Crippen molar-refractivity contribution in [2.24, 2.45) is 0 Å². The molecule has 0 atom stereocenters. The number of nitrogens with zero attached hydrogens (tertiary/aromatic N) is 1. The number of aromatic nitrogens is 1. The van der Waals surface area contributed by atoms with Crippen LogP contribution in [0.3, 0.4) is 0 Å². The van der Waals surface area contributed by atoms with Crippen LogP contribution in [0.4, 0.5) is 5.69 Å². The molecule has 27 heavy (non-hydrogen) atoms. The van der Waals surface area contributed by atoms with E-state index in [0.29, 0.717) is 11.4 Å². The van der Waals surface area contributed by atoms with Gasteiger partial charge in [-0.3, -0.25) is 4.79 Å². The van der Waals surface area contributed by atoms with Gasteiger partial charge in [-0.1, -0.05) is 0 Å². The Labute approximate surface area is 159 Å². The fraction of sp³-hybridized carbons (Fsp3) is 0.111. The topological polar surface area (TPSA) is 94.6 Å². The molecule has 1 aromatic heterocycles. The lowest BCUT2D eigenvalue weighted by molar-refractivity contribution is -0.118. The molecule has 0 saturated heterocycles. The second kappa shape index (κ2) is 6.67. The van der Waals surface area contributed by atoms with Crippen molar-refractivity contribution < 1.29 is 22.1 Å². The molecule has 0 saturated carbocycles. The molecule has 4 rings (SSSR count). The van der Waals surface area contributed by atoms with Gasteiger partial charge in [-0.2, -0.15) is 8.42 Å². The number of hydrogen-bond acceptors (Lipinski definition) is 7. The van der Waals surface area contributed by atoms with Crippen molar-refractivity contribution in [3.8, 4) is 22.1 Å². The first-order valence-electron chi connectivity index (χ1n) is 7.94. The number of anilines is 1. The number of rotatable bonds is 4. The number of amides is 1. The molecular weight excluding hydrogens is 388 g/mol. The van der Waals surface area contributed by atoms with Crippen molar-refractivity contribution >= 4 is 33.0 Å². The Kier molecular flexibility index (Phi) is 4.33. The highest BCUT2D eigenvalue weighted by Crippen LogP contribution is 2.31. The zero-order valence-corrected chi connectivity index (χ0v) is 15.8. The molecule has 0 spiro atoms. The fourth-order valence-electron chi connectivity index (χ4n) is 2.53. The van der Waals surface area contributed by atoms with Crippen molar-refractivity contribution in [2.75, 3.05) is 11.9 Å². The molecule has 1 amide bonds. The molecule has 2 aromatic carbocycles. The van der Waals surface area contributed by atoms with E-state index < -0.39 is 10.1 Å². The molecule has 7 nitrogen and oxygen atoms in total. The Morgan fingerprint density at radius 1 is 1.19 bits per heavy atom. The first-order valence-corrected chi connectivity index (χ1v) is 10.2. The van der Waals surface area contributed by atoms with E-state index in [1.165, 1.54) is 29.5 Å². The number of benzene rings is 2. The van der Waals surface area contributed by atoms with E-state index >= 15 is 0 Å². The van der Waals surface area contributed by atoms with Gasteiger partial charge in [0.1, 0.15) is 21.4 Å². The Morgan fingerprint density at radius 2 is 1.96 bits per heavy atom. The van der Waals surface area contributed by atoms with E-state index in [1.54, 1.807) is 24.3 Å². The predicted octanol–water partition coefficient (Wildman–Crippen LogP) is 3.22. The highest BCUT2D eigenvalue weighted by atomic mass is 32.2. The second-order valence-corrected chi connectivity index (χ2v) is 8.26. The van der Waals surface area contributed by atoms with E-state index in [9.17, 15) is 13.2 Å². The standard InChI is InChI=1S/C18H14N2O5S2/c1-11-10-26-18(19-11)12-2-4-13(5-3-12)25-27(22,23)14-6-7-16-15(8-14)20-17(21)9-24-16/h2-8,10H,9H2,1H3,(H,20,21). The third-order valence-electron chi connectivity index (χ3n) is 3.80. The summed E-state index contributed by atoms with van der Waals surface area (Å²) in [6, 6.07) is 10.8. The highest BCUT2D eigenvalue weighted by molar-refractivity contribution is 7.87. The van der Waals surface area contributed by atoms with Crippen molar-refractivity contribution in [1.82, 2.24) is 4.98 Å². The van der Waals surface area contributed by atoms with Crippen LogP contribution in [0.15, 0.2) is 52.7 Å². The van der Waals surface area contributed by atoms with Crippen LogP contribution in [0.1, 0.15) is 5.69 Å². The minimum Gasteiger partial charge on any atom is -0.482 e. The van der Waals surface area contributed by atoms with Gasteiger partial charge < -0.3 is 14.2 Å². The van der Waals surface area contributed by atoms with Gasteiger partial charge in [0.25, 0.3) is 5.91 Å². The van der Waals surface area contributed by atoms with Crippen LogP contribution < -0.4 is 14.2 Å². The Hall–Kier alpha value is -2.91. The predicted molar refractivity (Wildman–Crippen MR) is 101 cm³/mol. The Morgan fingerprint density at radius 3 is 2.67 bits per heavy atom. The van der Waals surface area contributed by atoms with E-state index in [-0.39, 0.29) is 23.2 Å². The summed E-state index contributed by atoms with van der Waals surface area (Å²) in [6.07, 6.45) is 0. The number of fused-ring (bicyclic) bond motifs is 1.